The first-order chi connectivity index (χ1) is 14.0. The molecule has 2 aromatic rings. The van der Waals surface area contributed by atoms with Crippen LogP contribution in [0, 0.1) is 0 Å². The second kappa shape index (κ2) is 9.74. The number of carbonyl (C=O) groups excluding carboxylic acids is 2. The lowest BCUT2D eigenvalue weighted by atomic mass is 9.90. The molecule has 156 valence electrons. The summed E-state index contributed by atoms with van der Waals surface area (Å²) in [5.41, 5.74) is 6.42. The number of nitrogens with one attached hydrogen (secondary N) is 2. The second-order valence-corrected chi connectivity index (χ2v) is 7.86. The predicted octanol–water partition coefficient (Wildman–Crippen LogP) is 2.84. The summed E-state index contributed by atoms with van der Waals surface area (Å²) in [6.45, 7) is 2.32. The molecule has 0 spiro atoms. The summed E-state index contributed by atoms with van der Waals surface area (Å²) in [6.07, 6.45) is 3.89. The molecule has 0 aliphatic heterocycles. The number of amides is 2. The number of rotatable bonds is 7. The van der Waals surface area contributed by atoms with Gasteiger partial charge in [-0.3, -0.25) is 9.59 Å². The molecule has 0 radical (unpaired) electrons. The van der Waals surface area contributed by atoms with Crippen LogP contribution < -0.4 is 21.1 Å². The monoisotopic (exact) mass is 397 g/mol. The highest BCUT2D eigenvalue weighted by Crippen LogP contribution is 2.26. The van der Waals surface area contributed by atoms with Crippen LogP contribution in [0.3, 0.4) is 0 Å². The fraction of sp³-hybridized carbons (Fsp3) is 0.478. The minimum absolute atomic E-state index is 0.0162. The Balaban J connectivity index is 1.54. The zero-order valence-corrected chi connectivity index (χ0v) is 17.2. The van der Waals surface area contributed by atoms with Crippen LogP contribution in [0.5, 0.6) is 5.75 Å². The molecule has 1 aliphatic carbocycles. The third kappa shape index (κ3) is 5.48. The molecule has 1 saturated carbocycles. The van der Waals surface area contributed by atoms with E-state index in [0.29, 0.717) is 13.0 Å². The molecule has 1 aliphatic rings. The average molecular weight is 398 g/mol. The standard InChI is InChI=1S/C23H31N3O3/c1-15(16-3-4-18-14-21(29-2)10-5-17(18)13-16)23(28)26-20-8-6-19(7-9-20)25-22(27)11-12-24/h3-5,10,13-15,19-20H,6-9,11-12,24H2,1-2H3,(H,25,27)(H,26,28). The molecule has 1 fully saturated rings. The van der Waals surface area contributed by atoms with Crippen LogP contribution in [0.4, 0.5) is 0 Å². The Labute approximate surface area is 172 Å². The van der Waals surface area contributed by atoms with Gasteiger partial charge in [0.2, 0.25) is 11.8 Å². The van der Waals surface area contributed by atoms with Crippen LogP contribution in [-0.4, -0.2) is 37.6 Å². The van der Waals surface area contributed by atoms with Crippen molar-refractivity contribution in [2.24, 2.45) is 5.73 Å². The topological polar surface area (TPSA) is 93.5 Å². The average Bonchev–Trinajstić information content (AvgIpc) is 2.74. The number of hydrogen-bond acceptors (Lipinski definition) is 4. The van der Waals surface area contributed by atoms with E-state index in [-0.39, 0.29) is 29.8 Å². The fourth-order valence-corrected chi connectivity index (χ4v) is 3.93. The molecule has 0 saturated heterocycles. The third-order valence-corrected chi connectivity index (χ3v) is 5.77. The van der Waals surface area contributed by atoms with Gasteiger partial charge in [0.1, 0.15) is 5.75 Å². The van der Waals surface area contributed by atoms with Gasteiger partial charge in [-0.25, -0.2) is 0 Å². The van der Waals surface area contributed by atoms with Crippen LogP contribution in [0.25, 0.3) is 10.8 Å². The van der Waals surface area contributed by atoms with E-state index in [2.05, 4.69) is 16.7 Å². The van der Waals surface area contributed by atoms with Crippen molar-refractivity contribution in [3.05, 3.63) is 42.0 Å². The normalized spacial score (nSPS) is 20.1. The van der Waals surface area contributed by atoms with Crippen LogP contribution in [0.1, 0.15) is 50.5 Å². The van der Waals surface area contributed by atoms with Gasteiger partial charge in [-0.2, -0.15) is 0 Å². The SMILES string of the molecule is COc1ccc2cc(C(C)C(=O)NC3CCC(NC(=O)CCN)CC3)ccc2c1. The minimum atomic E-state index is -0.219. The first-order valence-electron chi connectivity index (χ1n) is 10.4. The Morgan fingerprint density at radius 1 is 1.03 bits per heavy atom. The fourth-order valence-electron chi connectivity index (χ4n) is 3.93. The number of carbonyl (C=O) groups is 2. The van der Waals surface area contributed by atoms with Gasteiger partial charge in [0, 0.05) is 25.0 Å². The first kappa shape index (κ1) is 21.1. The van der Waals surface area contributed by atoms with Gasteiger partial charge < -0.3 is 21.1 Å². The Kier molecular flexibility index (Phi) is 7.09. The number of hydrogen-bond donors (Lipinski definition) is 3. The third-order valence-electron chi connectivity index (χ3n) is 5.77. The van der Waals surface area contributed by atoms with Crippen LogP contribution in [0.15, 0.2) is 36.4 Å². The molecule has 3 rings (SSSR count). The zero-order valence-electron chi connectivity index (χ0n) is 17.2. The molecule has 0 bridgehead atoms. The van der Waals surface area contributed by atoms with Gasteiger partial charge in [-0.05, 0) is 61.1 Å². The molecule has 0 heterocycles. The van der Waals surface area contributed by atoms with Crippen LogP contribution in [-0.2, 0) is 9.59 Å². The second-order valence-electron chi connectivity index (χ2n) is 7.86. The lowest BCUT2D eigenvalue weighted by Crippen LogP contribution is -2.44. The highest BCUT2D eigenvalue weighted by Gasteiger charge is 2.25. The maximum absolute atomic E-state index is 12.8. The summed E-state index contributed by atoms with van der Waals surface area (Å²) in [4.78, 5) is 24.5. The van der Waals surface area contributed by atoms with E-state index in [1.165, 1.54) is 0 Å². The maximum atomic E-state index is 12.8. The van der Waals surface area contributed by atoms with Gasteiger partial charge in [-0.1, -0.05) is 24.3 Å². The van der Waals surface area contributed by atoms with Gasteiger partial charge in [-0.15, -0.1) is 0 Å². The molecule has 4 N–H and O–H groups in total. The van der Waals surface area contributed by atoms with Crippen molar-refractivity contribution in [3.8, 4) is 5.75 Å². The van der Waals surface area contributed by atoms with Gasteiger partial charge in [0.05, 0.1) is 13.0 Å². The van der Waals surface area contributed by atoms with Crippen molar-refractivity contribution in [2.45, 2.75) is 57.0 Å². The van der Waals surface area contributed by atoms with E-state index < -0.39 is 0 Å². The van der Waals surface area contributed by atoms with Gasteiger partial charge in [0.15, 0.2) is 0 Å². The molecule has 2 amide bonds. The molecule has 2 aromatic carbocycles. The van der Waals surface area contributed by atoms with E-state index in [1.807, 2.05) is 37.3 Å². The van der Waals surface area contributed by atoms with Gasteiger partial charge >= 0.3 is 0 Å². The zero-order chi connectivity index (χ0) is 20.8. The summed E-state index contributed by atoms with van der Waals surface area (Å²) in [6, 6.07) is 12.4. The quantitative estimate of drug-likeness (QED) is 0.670. The summed E-state index contributed by atoms with van der Waals surface area (Å²) in [7, 11) is 1.66. The summed E-state index contributed by atoms with van der Waals surface area (Å²) in [5, 5.41) is 8.41. The Bertz CT molecular complexity index is 860. The lowest BCUT2D eigenvalue weighted by Gasteiger charge is -2.30. The van der Waals surface area contributed by atoms with E-state index in [1.54, 1.807) is 7.11 Å². The summed E-state index contributed by atoms with van der Waals surface area (Å²) in [5.74, 6) is 0.672. The first-order valence-corrected chi connectivity index (χ1v) is 10.4. The van der Waals surface area contributed by atoms with Crippen LogP contribution >= 0.6 is 0 Å². The Hall–Kier alpha value is -2.60. The predicted molar refractivity (Wildman–Crippen MR) is 115 cm³/mol. The van der Waals surface area contributed by atoms with Crippen molar-refractivity contribution in [3.63, 3.8) is 0 Å². The van der Waals surface area contributed by atoms with Crippen molar-refractivity contribution in [1.82, 2.24) is 10.6 Å². The van der Waals surface area contributed by atoms with Crippen molar-refractivity contribution in [1.29, 1.82) is 0 Å². The van der Waals surface area contributed by atoms with Crippen LogP contribution in [0.2, 0.25) is 0 Å². The van der Waals surface area contributed by atoms with E-state index in [9.17, 15) is 9.59 Å². The highest BCUT2D eigenvalue weighted by atomic mass is 16.5. The Morgan fingerprint density at radius 3 is 2.31 bits per heavy atom. The number of ether oxygens (including phenoxy) is 1. The summed E-state index contributed by atoms with van der Waals surface area (Å²) >= 11 is 0. The molecular weight excluding hydrogens is 366 g/mol. The van der Waals surface area contributed by atoms with E-state index in [4.69, 9.17) is 10.5 Å². The summed E-state index contributed by atoms with van der Waals surface area (Å²) < 4.78 is 5.27. The van der Waals surface area contributed by atoms with Crippen molar-refractivity contribution >= 4 is 22.6 Å². The molecular formula is C23H31N3O3. The molecule has 29 heavy (non-hydrogen) atoms. The van der Waals surface area contributed by atoms with E-state index >= 15 is 0 Å². The number of nitrogens with two attached hydrogens (primary N) is 1. The number of methoxy groups -OCH3 is 1. The number of fused-ring (bicyclic) bond motifs is 1. The van der Waals surface area contributed by atoms with E-state index in [0.717, 1.165) is 47.8 Å². The van der Waals surface area contributed by atoms with Crippen molar-refractivity contribution in [2.75, 3.05) is 13.7 Å². The smallest absolute Gasteiger partial charge is 0.227 e. The largest absolute Gasteiger partial charge is 0.497 e. The molecule has 6 heteroatoms. The molecule has 6 nitrogen and oxygen atoms in total. The molecule has 0 aromatic heterocycles. The number of benzene rings is 2. The highest BCUT2D eigenvalue weighted by molar-refractivity contribution is 5.88. The van der Waals surface area contributed by atoms with Gasteiger partial charge in [0.25, 0.3) is 0 Å². The molecule has 1 unspecified atom stereocenters. The molecule has 1 atom stereocenters. The Morgan fingerprint density at radius 2 is 1.66 bits per heavy atom. The lowest BCUT2D eigenvalue weighted by molar-refractivity contribution is -0.124. The maximum Gasteiger partial charge on any atom is 0.227 e. The van der Waals surface area contributed by atoms with Crippen molar-refractivity contribution < 1.29 is 14.3 Å². The minimum Gasteiger partial charge on any atom is -0.497 e.